The average Bonchev–Trinajstić information content (AvgIpc) is 2.58. The minimum Gasteiger partial charge on any atom is -0.393 e. The van der Waals surface area contributed by atoms with E-state index in [2.05, 4.69) is 53.8 Å². The van der Waals surface area contributed by atoms with Crippen LogP contribution in [0.1, 0.15) is 38.2 Å². The Bertz CT molecular complexity index is 489. The van der Waals surface area contributed by atoms with Crippen molar-refractivity contribution < 1.29 is 5.11 Å². The molecule has 0 aliphatic heterocycles. The van der Waals surface area contributed by atoms with E-state index < -0.39 is 0 Å². The summed E-state index contributed by atoms with van der Waals surface area (Å²) in [4.78, 5) is 6.99. The van der Waals surface area contributed by atoms with Gasteiger partial charge in [0.15, 0.2) is 5.96 Å². The fourth-order valence-electron chi connectivity index (χ4n) is 3.04. The quantitative estimate of drug-likeness (QED) is 0.333. The second-order valence-corrected chi connectivity index (χ2v) is 6.63. The van der Waals surface area contributed by atoms with Crippen molar-refractivity contribution in [2.24, 2.45) is 4.99 Å². The van der Waals surface area contributed by atoms with Crippen molar-refractivity contribution in [2.75, 3.05) is 26.7 Å². The molecule has 0 spiro atoms. The molecule has 25 heavy (non-hydrogen) atoms. The Morgan fingerprint density at radius 1 is 1.20 bits per heavy atom. The Kier molecular flexibility index (Phi) is 11.1. The number of nitrogens with one attached hydrogen (secondary N) is 2. The van der Waals surface area contributed by atoms with Crippen LogP contribution < -0.4 is 10.6 Å². The van der Waals surface area contributed by atoms with Crippen LogP contribution in [0.5, 0.6) is 0 Å². The molecule has 1 aromatic carbocycles. The van der Waals surface area contributed by atoms with Gasteiger partial charge in [0.25, 0.3) is 0 Å². The molecule has 0 unspecified atom stereocenters. The van der Waals surface area contributed by atoms with Crippen LogP contribution >= 0.6 is 24.0 Å². The van der Waals surface area contributed by atoms with E-state index in [0.717, 1.165) is 57.8 Å². The molecule has 3 N–H and O–H groups in total. The van der Waals surface area contributed by atoms with Crippen LogP contribution in [0.15, 0.2) is 35.3 Å². The van der Waals surface area contributed by atoms with Crippen molar-refractivity contribution in [2.45, 2.75) is 51.3 Å². The van der Waals surface area contributed by atoms with Crippen LogP contribution in [-0.2, 0) is 6.54 Å². The van der Waals surface area contributed by atoms with E-state index >= 15 is 0 Å². The summed E-state index contributed by atoms with van der Waals surface area (Å²) in [6.45, 7) is 5.59. The highest BCUT2D eigenvalue weighted by molar-refractivity contribution is 14.0. The minimum absolute atomic E-state index is 0. The SMILES string of the molecule is CCNC(=NCCN(C)Cc1ccccc1)NC1CCC(O)CC1.I. The molecule has 0 aromatic heterocycles. The number of halogens is 1. The third-order valence-electron chi connectivity index (χ3n) is 4.43. The predicted molar refractivity (Wildman–Crippen MR) is 116 cm³/mol. The molecule has 142 valence electrons. The lowest BCUT2D eigenvalue weighted by Gasteiger charge is -2.27. The first-order chi connectivity index (χ1) is 11.7. The van der Waals surface area contributed by atoms with Gasteiger partial charge in [0.1, 0.15) is 0 Å². The van der Waals surface area contributed by atoms with E-state index in [4.69, 9.17) is 4.99 Å². The Labute approximate surface area is 169 Å². The second kappa shape index (κ2) is 12.5. The van der Waals surface area contributed by atoms with Crippen LogP contribution in [0.2, 0.25) is 0 Å². The lowest BCUT2D eigenvalue weighted by atomic mass is 9.93. The van der Waals surface area contributed by atoms with Gasteiger partial charge in [0, 0.05) is 25.7 Å². The normalized spacial score (nSPS) is 20.9. The van der Waals surface area contributed by atoms with Gasteiger partial charge in [0.2, 0.25) is 0 Å². The van der Waals surface area contributed by atoms with E-state index in [1.807, 2.05) is 6.07 Å². The molecular formula is C19H33IN4O. The molecule has 0 atom stereocenters. The molecule has 0 bridgehead atoms. The molecule has 0 amide bonds. The summed E-state index contributed by atoms with van der Waals surface area (Å²) in [6, 6.07) is 10.9. The molecule has 1 aliphatic carbocycles. The number of hydrogen-bond acceptors (Lipinski definition) is 3. The molecule has 0 saturated heterocycles. The zero-order valence-corrected chi connectivity index (χ0v) is 17.8. The Morgan fingerprint density at radius 3 is 2.52 bits per heavy atom. The second-order valence-electron chi connectivity index (χ2n) is 6.63. The van der Waals surface area contributed by atoms with Crippen molar-refractivity contribution in [3.8, 4) is 0 Å². The minimum atomic E-state index is -0.116. The van der Waals surface area contributed by atoms with E-state index in [9.17, 15) is 5.11 Å². The van der Waals surface area contributed by atoms with Crippen LogP contribution in [-0.4, -0.2) is 54.8 Å². The topological polar surface area (TPSA) is 59.9 Å². The standard InChI is InChI=1S/C19H32N4O.HI/c1-3-20-19(22-17-9-11-18(24)12-10-17)21-13-14-23(2)15-16-7-5-4-6-8-16;/h4-8,17-18,24H,3,9-15H2,1-2H3,(H2,20,21,22);1H. The van der Waals surface area contributed by atoms with Crippen LogP contribution in [0.25, 0.3) is 0 Å². The van der Waals surface area contributed by atoms with Gasteiger partial charge in [-0.2, -0.15) is 0 Å². The zero-order valence-electron chi connectivity index (χ0n) is 15.4. The monoisotopic (exact) mass is 460 g/mol. The summed E-state index contributed by atoms with van der Waals surface area (Å²) in [5.74, 6) is 0.895. The highest BCUT2D eigenvalue weighted by Gasteiger charge is 2.19. The van der Waals surface area contributed by atoms with Gasteiger partial charge < -0.3 is 20.6 Å². The van der Waals surface area contributed by atoms with Gasteiger partial charge in [-0.15, -0.1) is 24.0 Å². The third-order valence-corrected chi connectivity index (χ3v) is 4.43. The van der Waals surface area contributed by atoms with E-state index in [0.29, 0.717) is 6.04 Å². The molecule has 6 heteroatoms. The highest BCUT2D eigenvalue weighted by atomic mass is 127. The van der Waals surface area contributed by atoms with Crippen molar-refractivity contribution in [3.05, 3.63) is 35.9 Å². The number of likely N-dealkylation sites (N-methyl/N-ethyl adjacent to an activating group) is 1. The summed E-state index contributed by atoms with van der Waals surface area (Å²) >= 11 is 0. The van der Waals surface area contributed by atoms with E-state index in [-0.39, 0.29) is 30.1 Å². The molecule has 0 heterocycles. The number of nitrogens with zero attached hydrogens (tertiary/aromatic N) is 2. The molecule has 1 aliphatic rings. The van der Waals surface area contributed by atoms with E-state index in [1.54, 1.807) is 0 Å². The van der Waals surface area contributed by atoms with Gasteiger partial charge >= 0.3 is 0 Å². The molecule has 1 aromatic rings. The van der Waals surface area contributed by atoms with Crippen molar-refractivity contribution >= 4 is 29.9 Å². The summed E-state index contributed by atoms with van der Waals surface area (Å²) in [5.41, 5.74) is 1.33. The number of hydrogen-bond donors (Lipinski definition) is 3. The molecular weight excluding hydrogens is 427 g/mol. The van der Waals surface area contributed by atoms with Gasteiger partial charge in [-0.05, 0) is 45.2 Å². The number of guanidine groups is 1. The maximum absolute atomic E-state index is 9.61. The lowest BCUT2D eigenvalue weighted by Crippen LogP contribution is -2.45. The number of aliphatic imine (C=N–C) groups is 1. The van der Waals surface area contributed by atoms with Gasteiger partial charge in [0.05, 0.1) is 12.6 Å². The summed E-state index contributed by atoms with van der Waals surface area (Å²) in [7, 11) is 2.13. The van der Waals surface area contributed by atoms with Crippen molar-refractivity contribution in [1.82, 2.24) is 15.5 Å². The van der Waals surface area contributed by atoms with Gasteiger partial charge in [-0.1, -0.05) is 30.3 Å². The number of aliphatic hydroxyl groups is 1. The molecule has 0 radical (unpaired) electrons. The first-order valence-electron chi connectivity index (χ1n) is 9.12. The predicted octanol–water partition coefficient (Wildman–Crippen LogP) is 2.60. The lowest BCUT2D eigenvalue weighted by molar-refractivity contribution is 0.120. The molecule has 1 saturated carbocycles. The largest absolute Gasteiger partial charge is 0.393 e. The van der Waals surface area contributed by atoms with E-state index in [1.165, 1.54) is 5.56 Å². The first-order valence-corrected chi connectivity index (χ1v) is 9.12. The molecule has 1 fully saturated rings. The van der Waals surface area contributed by atoms with Crippen LogP contribution in [0.3, 0.4) is 0 Å². The summed E-state index contributed by atoms with van der Waals surface area (Å²) in [5, 5.41) is 16.4. The van der Waals surface area contributed by atoms with Gasteiger partial charge in [-0.25, -0.2) is 0 Å². The Balaban J connectivity index is 0.00000312. The summed E-state index contributed by atoms with van der Waals surface area (Å²) in [6.07, 6.45) is 3.68. The number of benzene rings is 1. The highest BCUT2D eigenvalue weighted by Crippen LogP contribution is 2.18. The van der Waals surface area contributed by atoms with Crippen molar-refractivity contribution in [3.63, 3.8) is 0 Å². The molecule has 5 nitrogen and oxygen atoms in total. The Morgan fingerprint density at radius 2 is 1.88 bits per heavy atom. The summed E-state index contributed by atoms with van der Waals surface area (Å²) < 4.78 is 0. The average molecular weight is 460 g/mol. The van der Waals surface area contributed by atoms with Crippen molar-refractivity contribution in [1.29, 1.82) is 0 Å². The third kappa shape index (κ3) is 8.87. The first kappa shape index (κ1) is 22.2. The Hall–Kier alpha value is -0.860. The fourth-order valence-corrected chi connectivity index (χ4v) is 3.04. The van der Waals surface area contributed by atoms with Crippen LogP contribution in [0, 0.1) is 0 Å². The van der Waals surface area contributed by atoms with Gasteiger partial charge in [-0.3, -0.25) is 4.99 Å². The van der Waals surface area contributed by atoms with Crippen LogP contribution in [0.4, 0.5) is 0 Å². The number of aliphatic hydroxyl groups excluding tert-OH is 1. The number of rotatable bonds is 7. The molecule has 2 rings (SSSR count). The maximum atomic E-state index is 9.61. The smallest absolute Gasteiger partial charge is 0.191 e. The zero-order chi connectivity index (χ0) is 17.2. The fraction of sp³-hybridized carbons (Fsp3) is 0.632. The maximum Gasteiger partial charge on any atom is 0.191 e.